The van der Waals surface area contributed by atoms with Crippen LogP contribution in [0.2, 0.25) is 0 Å². The molecule has 2 rings (SSSR count). The maximum Gasteiger partial charge on any atom is 0.172 e. The normalized spacial score (nSPS) is 10.3. The molecule has 0 heterocycles. The minimum atomic E-state index is -0.414. The molecule has 2 aromatic carbocycles. The second kappa shape index (κ2) is 5.22. The number of carbonyl (C=O) groups is 1. The molecule has 0 aliphatic heterocycles. The van der Waals surface area contributed by atoms with Crippen molar-refractivity contribution in [1.82, 2.24) is 0 Å². The van der Waals surface area contributed by atoms with Crippen molar-refractivity contribution in [3.05, 3.63) is 53.3 Å². The fraction of sp³-hybridized carbons (Fsp3) is 0.188. The largest absolute Gasteiger partial charge is 0.494 e. The van der Waals surface area contributed by atoms with E-state index in [9.17, 15) is 9.18 Å². The number of halogens is 1. The zero-order valence-electron chi connectivity index (χ0n) is 11.2. The van der Waals surface area contributed by atoms with Crippen LogP contribution >= 0.6 is 0 Å². The van der Waals surface area contributed by atoms with Gasteiger partial charge in [-0.2, -0.15) is 0 Å². The summed E-state index contributed by atoms with van der Waals surface area (Å²) >= 11 is 0. The van der Waals surface area contributed by atoms with Crippen molar-refractivity contribution >= 4 is 5.78 Å². The molecule has 0 spiro atoms. The third-order valence-corrected chi connectivity index (χ3v) is 3.11. The standard InChI is InChI=1S/C16H15FO2/c1-10-7-8-12(9-14(10)11(2)18)13-5-4-6-15(19-3)16(13)17/h4-9H,1-3H3. The van der Waals surface area contributed by atoms with Gasteiger partial charge in [-0.3, -0.25) is 4.79 Å². The lowest BCUT2D eigenvalue weighted by Gasteiger charge is -2.10. The second-order valence-corrected chi connectivity index (χ2v) is 4.41. The number of methoxy groups -OCH3 is 1. The Kier molecular flexibility index (Phi) is 3.65. The summed E-state index contributed by atoms with van der Waals surface area (Å²) in [4.78, 5) is 11.5. The number of hydrogen-bond acceptors (Lipinski definition) is 2. The van der Waals surface area contributed by atoms with Gasteiger partial charge in [-0.1, -0.05) is 24.3 Å². The van der Waals surface area contributed by atoms with Crippen molar-refractivity contribution in [2.24, 2.45) is 0 Å². The Balaban J connectivity index is 2.60. The lowest BCUT2D eigenvalue weighted by Crippen LogP contribution is -1.97. The van der Waals surface area contributed by atoms with Crippen molar-refractivity contribution in [3.8, 4) is 16.9 Å². The molecule has 0 amide bonds. The Labute approximate surface area is 111 Å². The van der Waals surface area contributed by atoms with E-state index in [4.69, 9.17) is 4.74 Å². The number of carbonyl (C=O) groups excluding carboxylic acids is 1. The van der Waals surface area contributed by atoms with E-state index in [1.54, 1.807) is 30.3 Å². The highest BCUT2D eigenvalue weighted by molar-refractivity contribution is 5.96. The Morgan fingerprint density at radius 2 is 1.95 bits per heavy atom. The molecular weight excluding hydrogens is 243 g/mol. The van der Waals surface area contributed by atoms with Gasteiger partial charge < -0.3 is 4.74 Å². The first kappa shape index (κ1) is 13.3. The van der Waals surface area contributed by atoms with Crippen molar-refractivity contribution in [1.29, 1.82) is 0 Å². The van der Waals surface area contributed by atoms with Crippen LogP contribution in [0.5, 0.6) is 5.75 Å². The molecule has 0 saturated heterocycles. The minimum Gasteiger partial charge on any atom is -0.494 e. The molecule has 0 fully saturated rings. The van der Waals surface area contributed by atoms with Crippen LogP contribution in [0, 0.1) is 12.7 Å². The van der Waals surface area contributed by atoms with Crippen LogP contribution in [0.3, 0.4) is 0 Å². The van der Waals surface area contributed by atoms with Gasteiger partial charge in [0.1, 0.15) is 0 Å². The minimum absolute atomic E-state index is 0.0253. The maximum atomic E-state index is 14.2. The van der Waals surface area contributed by atoms with Crippen LogP contribution in [-0.2, 0) is 0 Å². The first-order valence-corrected chi connectivity index (χ1v) is 5.99. The number of aryl methyl sites for hydroxylation is 1. The predicted octanol–water partition coefficient (Wildman–Crippen LogP) is 4.01. The molecule has 0 atom stereocenters. The monoisotopic (exact) mass is 258 g/mol. The number of Topliss-reactive ketones (excluding diaryl/α,β-unsaturated/α-hetero) is 1. The lowest BCUT2D eigenvalue weighted by atomic mass is 9.97. The van der Waals surface area contributed by atoms with Crippen molar-refractivity contribution in [2.45, 2.75) is 13.8 Å². The molecule has 0 bridgehead atoms. The van der Waals surface area contributed by atoms with Crippen molar-refractivity contribution < 1.29 is 13.9 Å². The molecule has 0 aromatic heterocycles. The highest BCUT2D eigenvalue weighted by Gasteiger charge is 2.12. The third kappa shape index (κ3) is 2.50. The van der Waals surface area contributed by atoms with Gasteiger partial charge >= 0.3 is 0 Å². The first-order chi connectivity index (χ1) is 9.04. The van der Waals surface area contributed by atoms with Crippen LogP contribution in [0.4, 0.5) is 4.39 Å². The summed E-state index contributed by atoms with van der Waals surface area (Å²) in [7, 11) is 1.43. The summed E-state index contributed by atoms with van der Waals surface area (Å²) in [5.41, 5.74) is 2.60. The Bertz CT molecular complexity index is 633. The van der Waals surface area contributed by atoms with Crippen LogP contribution in [0.15, 0.2) is 36.4 Å². The van der Waals surface area contributed by atoms with Crippen molar-refractivity contribution in [2.75, 3.05) is 7.11 Å². The highest BCUT2D eigenvalue weighted by Crippen LogP contribution is 2.30. The smallest absolute Gasteiger partial charge is 0.172 e. The van der Waals surface area contributed by atoms with E-state index in [-0.39, 0.29) is 11.5 Å². The number of ketones is 1. The van der Waals surface area contributed by atoms with Crippen molar-refractivity contribution in [3.63, 3.8) is 0 Å². The molecule has 0 aliphatic rings. The van der Waals surface area contributed by atoms with E-state index >= 15 is 0 Å². The average molecular weight is 258 g/mol. The van der Waals surface area contributed by atoms with Gasteiger partial charge in [0.25, 0.3) is 0 Å². The average Bonchev–Trinajstić information content (AvgIpc) is 2.39. The molecule has 0 aliphatic carbocycles. The molecule has 0 unspecified atom stereocenters. The Hall–Kier alpha value is -2.16. The number of benzene rings is 2. The quantitative estimate of drug-likeness (QED) is 0.777. The molecule has 2 aromatic rings. The third-order valence-electron chi connectivity index (χ3n) is 3.11. The SMILES string of the molecule is COc1cccc(-c2ccc(C)c(C(C)=O)c2)c1F. The predicted molar refractivity (Wildman–Crippen MR) is 73.1 cm³/mol. The van der Waals surface area contributed by atoms with Crippen LogP contribution in [0.1, 0.15) is 22.8 Å². The van der Waals surface area contributed by atoms with E-state index in [0.29, 0.717) is 16.7 Å². The summed E-state index contributed by atoms with van der Waals surface area (Å²) in [6.07, 6.45) is 0. The fourth-order valence-electron chi connectivity index (χ4n) is 2.06. The summed E-state index contributed by atoms with van der Waals surface area (Å²) in [6.45, 7) is 3.37. The summed E-state index contributed by atoms with van der Waals surface area (Å²) in [6, 6.07) is 10.3. The van der Waals surface area contributed by atoms with Gasteiger partial charge in [0.2, 0.25) is 0 Å². The fourth-order valence-corrected chi connectivity index (χ4v) is 2.06. The summed E-state index contributed by atoms with van der Waals surface area (Å²) in [5, 5.41) is 0. The summed E-state index contributed by atoms with van der Waals surface area (Å²) < 4.78 is 19.1. The van der Waals surface area contributed by atoms with E-state index in [0.717, 1.165) is 5.56 Å². The zero-order chi connectivity index (χ0) is 14.0. The number of rotatable bonds is 3. The second-order valence-electron chi connectivity index (χ2n) is 4.41. The number of ether oxygens (including phenoxy) is 1. The number of hydrogen-bond donors (Lipinski definition) is 0. The molecule has 0 saturated carbocycles. The zero-order valence-corrected chi connectivity index (χ0v) is 11.2. The van der Waals surface area contributed by atoms with Gasteiger partial charge in [0.05, 0.1) is 7.11 Å². The maximum absolute atomic E-state index is 14.2. The van der Waals surface area contributed by atoms with Crippen LogP contribution in [-0.4, -0.2) is 12.9 Å². The molecule has 0 N–H and O–H groups in total. The first-order valence-electron chi connectivity index (χ1n) is 5.99. The molecule has 0 radical (unpaired) electrons. The molecule has 2 nitrogen and oxygen atoms in total. The van der Waals surface area contributed by atoms with E-state index in [2.05, 4.69) is 0 Å². The molecule has 19 heavy (non-hydrogen) atoms. The van der Waals surface area contributed by atoms with Gasteiger partial charge in [-0.05, 0) is 37.1 Å². The van der Waals surface area contributed by atoms with Gasteiger partial charge in [-0.25, -0.2) is 4.39 Å². The van der Waals surface area contributed by atoms with E-state index < -0.39 is 5.82 Å². The summed E-state index contributed by atoms with van der Waals surface area (Å²) in [5.74, 6) is -0.242. The van der Waals surface area contributed by atoms with Gasteiger partial charge in [0.15, 0.2) is 17.3 Å². The Morgan fingerprint density at radius 1 is 1.21 bits per heavy atom. The van der Waals surface area contributed by atoms with Gasteiger partial charge in [0, 0.05) is 11.1 Å². The molecule has 3 heteroatoms. The van der Waals surface area contributed by atoms with E-state index in [1.807, 2.05) is 13.0 Å². The highest BCUT2D eigenvalue weighted by atomic mass is 19.1. The van der Waals surface area contributed by atoms with E-state index in [1.165, 1.54) is 14.0 Å². The molecular formula is C16H15FO2. The Morgan fingerprint density at radius 3 is 2.58 bits per heavy atom. The van der Waals surface area contributed by atoms with Crippen LogP contribution in [0.25, 0.3) is 11.1 Å². The molecule has 98 valence electrons. The van der Waals surface area contributed by atoms with Crippen LogP contribution < -0.4 is 4.74 Å². The topological polar surface area (TPSA) is 26.3 Å². The van der Waals surface area contributed by atoms with Gasteiger partial charge in [-0.15, -0.1) is 0 Å². The lowest BCUT2D eigenvalue weighted by molar-refractivity contribution is 0.101.